The van der Waals surface area contributed by atoms with Gasteiger partial charge in [-0.1, -0.05) is 78.9 Å². The molecule has 0 radical (unpaired) electrons. The van der Waals surface area contributed by atoms with Gasteiger partial charge in [0, 0.05) is 31.5 Å². The molecule has 5 aromatic rings. The molecule has 246 valence electrons. The number of carbonyl (C=O) groups is 2. The lowest BCUT2D eigenvalue weighted by Gasteiger charge is -2.25. The van der Waals surface area contributed by atoms with E-state index in [-0.39, 0.29) is 31.8 Å². The van der Waals surface area contributed by atoms with Gasteiger partial charge in [0.1, 0.15) is 11.6 Å². The molecule has 0 atom stereocenters. The van der Waals surface area contributed by atoms with E-state index in [9.17, 15) is 27.2 Å². The second kappa shape index (κ2) is 15.4. The summed E-state index contributed by atoms with van der Waals surface area (Å²) >= 11 is 0. The highest BCUT2D eigenvalue weighted by Gasteiger charge is 2.30. The smallest absolute Gasteiger partial charge is 0.416 e. The molecule has 0 heterocycles. The first-order valence-electron chi connectivity index (χ1n) is 15.2. The summed E-state index contributed by atoms with van der Waals surface area (Å²) < 4.78 is 59.3. The van der Waals surface area contributed by atoms with Gasteiger partial charge in [-0.2, -0.15) is 13.2 Å². The van der Waals surface area contributed by atoms with Crippen LogP contribution in [0.25, 0.3) is 11.1 Å². The van der Waals surface area contributed by atoms with Crippen molar-refractivity contribution in [3.63, 3.8) is 0 Å². The third kappa shape index (κ3) is 8.86. The highest BCUT2D eigenvalue weighted by atomic mass is 19.4. The van der Waals surface area contributed by atoms with E-state index in [1.807, 2.05) is 18.2 Å². The first-order chi connectivity index (χ1) is 23.1. The number of nitrogens with one attached hydrogen (secondary N) is 1. The normalized spacial score (nSPS) is 11.2. The lowest BCUT2D eigenvalue weighted by atomic mass is 10.0. The van der Waals surface area contributed by atoms with Gasteiger partial charge in [-0.25, -0.2) is 4.39 Å². The van der Waals surface area contributed by atoms with Crippen LogP contribution in [-0.4, -0.2) is 11.8 Å². The van der Waals surface area contributed by atoms with Crippen LogP contribution in [0.5, 0.6) is 11.5 Å². The number of benzene rings is 5. The fraction of sp³-hybridized carbons (Fsp3) is 0.158. The lowest BCUT2D eigenvalue weighted by molar-refractivity contribution is -0.137. The van der Waals surface area contributed by atoms with Gasteiger partial charge < -0.3 is 20.7 Å². The molecule has 0 aromatic heterocycles. The molecule has 0 bridgehead atoms. The number of hydrogen-bond acceptors (Lipinski definition) is 4. The van der Waals surface area contributed by atoms with Gasteiger partial charge in [0.15, 0.2) is 5.75 Å². The van der Waals surface area contributed by atoms with E-state index in [4.69, 9.17) is 10.5 Å². The molecule has 6 nitrogen and oxygen atoms in total. The molecule has 2 amide bonds. The summed E-state index contributed by atoms with van der Waals surface area (Å²) in [5.41, 5.74) is 8.81. The van der Waals surface area contributed by atoms with Crippen LogP contribution >= 0.6 is 0 Å². The van der Waals surface area contributed by atoms with Crippen molar-refractivity contribution in [1.29, 1.82) is 0 Å². The number of nitrogens with two attached hydrogens (primary N) is 1. The van der Waals surface area contributed by atoms with Crippen LogP contribution < -0.4 is 20.7 Å². The highest BCUT2D eigenvalue weighted by molar-refractivity contribution is 5.96. The lowest BCUT2D eigenvalue weighted by Crippen LogP contribution is -2.32. The summed E-state index contributed by atoms with van der Waals surface area (Å²) in [7, 11) is 0. The van der Waals surface area contributed by atoms with E-state index in [1.54, 1.807) is 72.8 Å². The Kier molecular flexibility index (Phi) is 10.9. The van der Waals surface area contributed by atoms with E-state index in [0.29, 0.717) is 40.4 Å². The average molecular weight is 656 g/mol. The number of ether oxygens (including phenoxy) is 1. The number of hydrogen-bond donors (Lipinski definition) is 2. The van der Waals surface area contributed by atoms with E-state index >= 15 is 0 Å². The Morgan fingerprint density at radius 2 is 1.42 bits per heavy atom. The Hall–Kier alpha value is -5.48. The maximum atomic E-state index is 14.0. The molecule has 0 saturated carbocycles. The van der Waals surface area contributed by atoms with Crippen molar-refractivity contribution in [2.24, 2.45) is 5.73 Å². The molecule has 0 aliphatic rings. The van der Waals surface area contributed by atoms with Crippen LogP contribution in [-0.2, 0) is 35.4 Å². The second-order valence-corrected chi connectivity index (χ2v) is 11.0. The molecule has 0 aliphatic carbocycles. The molecule has 48 heavy (non-hydrogen) atoms. The number of halogens is 4. The molecule has 0 aliphatic heterocycles. The predicted octanol–water partition coefficient (Wildman–Crippen LogP) is 8.39. The minimum absolute atomic E-state index is 0.00672. The summed E-state index contributed by atoms with van der Waals surface area (Å²) in [6, 6.07) is 32.5. The van der Waals surface area contributed by atoms with Crippen molar-refractivity contribution in [3.05, 3.63) is 149 Å². The number of nitrogens with zero attached hydrogens (tertiary/aromatic N) is 1. The first kappa shape index (κ1) is 33.9. The predicted molar refractivity (Wildman–Crippen MR) is 176 cm³/mol. The summed E-state index contributed by atoms with van der Waals surface area (Å²) in [4.78, 5) is 28.0. The van der Waals surface area contributed by atoms with E-state index < -0.39 is 23.5 Å². The fourth-order valence-electron chi connectivity index (χ4n) is 5.05. The molecule has 0 saturated heterocycles. The van der Waals surface area contributed by atoms with Crippen LogP contribution in [0.15, 0.2) is 121 Å². The Labute approximate surface area is 275 Å². The van der Waals surface area contributed by atoms with Gasteiger partial charge in [0.25, 0.3) is 0 Å². The van der Waals surface area contributed by atoms with Crippen molar-refractivity contribution in [3.8, 4) is 22.6 Å². The summed E-state index contributed by atoms with van der Waals surface area (Å²) in [6.45, 7) is 0.435. The summed E-state index contributed by atoms with van der Waals surface area (Å²) in [6.07, 6.45) is -4.69. The number of rotatable bonds is 12. The second-order valence-electron chi connectivity index (χ2n) is 11.0. The summed E-state index contributed by atoms with van der Waals surface area (Å²) in [5, 5.41) is 2.66. The third-order valence-corrected chi connectivity index (χ3v) is 7.66. The molecule has 3 N–H and O–H groups in total. The van der Waals surface area contributed by atoms with Crippen LogP contribution in [0.1, 0.15) is 35.1 Å². The highest BCUT2D eigenvalue weighted by Crippen LogP contribution is 2.35. The minimum atomic E-state index is -4.42. The van der Waals surface area contributed by atoms with E-state index in [1.165, 1.54) is 23.1 Å². The molecular formula is C38H33F4N3O3. The van der Waals surface area contributed by atoms with Gasteiger partial charge in [-0.3, -0.25) is 9.59 Å². The molecule has 0 spiro atoms. The van der Waals surface area contributed by atoms with Crippen LogP contribution in [0.2, 0.25) is 0 Å². The van der Waals surface area contributed by atoms with E-state index in [0.717, 1.165) is 23.3 Å². The number of anilines is 1. The average Bonchev–Trinajstić information content (AvgIpc) is 3.09. The van der Waals surface area contributed by atoms with Crippen LogP contribution in [0.4, 0.5) is 23.2 Å². The molecular weight excluding hydrogens is 622 g/mol. The van der Waals surface area contributed by atoms with Crippen molar-refractivity contribution in [2.45, 2.75) is 38.7 Å². The molecule has 0 unspecified atom stereocenters. The molecule has 0 fully saturated rings. The number of alkyl halides is 3. The Morgan fingerprint density at radius 1 is 0.750 bits per heavy atom. The SMILES string of the molecule is NCc1cccc(Oc2ccccc2N(Cc2ccc(-c3ccc(C(F)(F)F)cc3)cc2)C(=O)CCC(=O)NCc2ccccc2F)c1. The Morgan fingerprint density at radius 3 is 2.10 bits per heavy atom. The zero-order valence-corrected chi connectivity index (χ0v) is 25.8. The maximum Gasteiger partial charge on any atom is 0.416 e. The van der Waals surface area contributed by atoms with Crippen molar-refractivity contribution < 1.29 is 31.9 Å². The fourth-order valence-corrected chi connectivity index (χ4v) is 5.05. The van der Waals surface area contributed by atoms with Crippen LogP contribution in [0, 0.1) is 5.82 Å². The van der Waals surface area contributed by atoms with Gasteiger partial charge >= 0.3 is 6.18 Å². The molecule has 5 rings (SSSR count). The zero-order chi connectivity index (χ0) is 34.1. The number of carbonyl (C=O) groups excluding carboxylic acids is 2. The Bertz CT molecular complexity index is 1860. The zero-order valence-electron chi connectivity index (χ0n) is 25.8. The van der Waals surface area contributed by atoms with Gasteiger partial charge in [-0.15, -0.1) is 0 Å². The topological polar surface area (TPSA) is 84.7 Å². The number of amides is 2. The first-order valence-corrected chi connectivity index (χ1v) is 15.2. The monoisotopic (exact) mass is 655 g/mol. The van der Waals surface area contributed by atoms with Crippen LogP contribution in [0.3, 0.4) is 0 Å². The van der Waals surface area contributed by atoms with Crippen molar-refractivity contribution in [2.75, 3.05) is 4.90 Å². The van der Waals surface area contributed by atoms with E-state index in [2.05, 4.69) is 5.32 Å². The van der Waals surface area contributed by atoms with Gasteiger partial charge in [0.2, 0.25) is 11.8 Å². The standard InChI is InChI=1S/C38H33F4N3O3/c39-33-9-2-1-7-30(33)24-44-36(46)20-21-37(47)45(34-10-3-4-11-35(34)48-32-8-5-6-27(22-32)23-43)25-26-12-14-28(15-13-26)29-16-18-31(19-17-29)38(40,41)42/h1-19,22H,20-21,23-25,43H2,(H,44,46). The quantitative estimate of drug-likeness (QED) is 0.132. The maximum absolute atomic E-state index is 14.0. The van der Waals surface area contributed by atoms with Crippen molar-refractivity contribution in [1.82, 2.24) is 5.32 Å². The van der Waals surface area contributed by atoms with Crippen molar-refractivity contribution >= 4 is 17.5 Å². The number of para-hydroxylation sites is 2. The summed E-state index contributed by atoms with van der Waals surface area (Å²) in [5.74, 6) is -0.250. The minimum Gasteiger partial charge on any atom is -0.455 e. The van der Waals surface area contributed by atoms with Gasteiger partial charge in [0.05, 0.1) is 17.8 Å². The molecule has 10 heteroatoms. The molecule has 5 aromatic carbocycles. The van der Waals surface area contributed by atoms with Gasteiger partial charge in [-0.05, 0) is 64.7 Å². The Balaban J connectivity index is 1.36. The third-order valence-electron chi connectivity index (χ3n) is 7.66. The largest absolute Gasteiger partial charge is 0.455 e.